The quantitative estimate of drug-likeness (QED) is 0.721. The highest BCUT2D eigenvalue weighted by atomic mass is 16.4. The fourth-order valence-corrected chi connectivity index (χ4v) is 2.76. The molecule has 2 rings (SSSR count). The molecule has 21 heavy (non-hydrogen) atoms. The molecule has 1 aliphatic rings. The Balaban J connectivity index is 1.70. The van der Waals surface area contributed by atoms with Crippen molar-refractivity contribution in [3.63, 3.8) is 0 Å². The van der Waals surface area contributed by atoms with Crippen molar-refractivity contribution in [2.75, 3.05) is 12.3 Å². The van der Waals surface area contributed by atoms with Crippen LogP contribution >= 0.6 is 0 Å². The molecule has 1 fully saturated rings. The molecule has 114 valence electrons. The summed E-state index contributed by atoms with van der Waals surface area (Å²) in [6.07, 6.45) is 3.53. The molecule has 0 atom stereocenters. The first kappa shape index (κ1) is 15.4. The van der Waals surface area contributed by atoms with E-state index in [4.69, 9.17) is 10.8 Å². The van der Waals surface area contributed by atoms with Gasteiger partial charge in [-0.05, 0) is 49.3 Å². The van der Waals surface area contributed by atoms with Gasteiger partial charge in [-0.3, -0.25) is 9.59 Å². The van der Waals surface area contributed by atoms with E-state index in [1.807, 2.05) is 12.1 Å². The van der Waals surface area contributed by atoms with Crippen LogP contribution in [0.2, 0.25) is 0 Å². The summed E-state index contributed by atoms with van der Waals surface area (Å²) in [5, 5.41) is 11.9. The molecule has 1 saturated carbocycles. The second-order valence-corrected chi connectivity index (χ2v) is 5.78. The number of nitrogens with two attached hydrogens (primary N) is 1. The van der Waals surface area contributed by atoms with Crippen LogP contribution in [0.1, 0.15) is 31.2 Å². The molecule has 5 heteroatoms. The van der Waals surface area contributed by atoms with E-state index in [0.29, 0.717) is 37.4 Å². The van der Waals surface area contributed by atoms with E-state index >= 15 is 0 Å². The van der Waals surface area contributed by atoms with Crippen LogP contribution in [0.4, 0.5) is 5.69 Å². The van der Waals surface area contributed by atoms with Gasteiger partial charge >= 0.3 is 5.97 Å². The van der Waals surface area contributed by atoms with Gasteiger partial charge in [0.2, 0.25) is 5.91 Å². The fourth-order valence-electron chi connectivity index (χ4n) is 2.76. The predicted octanol–water partition coefficient (Wildman–Crippen LogP) is 1.82. The Bertz CT molecular complexity index is 491. The van der Waals surface area contributed by atoms with Crippen molar-refractivity contribution >= 4 is 17.6 Å². The monoisotopic (exact) mass is 290 g/mol. The maximum absolute atomic E-state index is 11.9. The Hall–Kier alpha value is -2.04. The second kappa shape index (κ2) is 7.11. The molecule has 4 N–H and O–H groups in total. The van der Waals surface area contributed by atoms with Crippen molar-refractivity contribution in [2.45, 2.75) is 32.1 Å². The lowest BCUT2D eigenvalue weighted by molar-refractivity contribution is -0.143. The third-order valence-electron chi connectivity index (χ3n) is 4.13. The third kappa shape index (κ3) is 4.77. The van der Waals surface area contributed by atoms with Crippen molar-refractivity contribution in [2.24, 2.45) is 11.8 Å². The number of hydrogen-bond donors (Lipinski definition) is 3. The number of benzene rings is 1. The minimum atomic E-state index is -0.694. The Kier molecular flexibility index (Phi) is 5.20. The van der Waals surface area contributed by atoms with Crippen molar-refractivity contribution in [3.05, 3.63) is 29.8 Å². The van der Waals surface area contributed by atoms with E-state index in [-0.39, 0.29) is 11.8 Å². The highest BCUT2D eigenvalue weighted by molar-refractivity contribution is 5.78. The van der Waals surface area contributed by atoms with Crippen molar-refractivity contribution in [3.8, 4) is 0 Å². The van der Waals surface area contributed by atoms with Crippen LogP contribution in [0, 0.1) is 11.8 Å². The van der Waals surface area contributed by atoms with Gasteiger partial charge in [-0.15, -0.1) is 0 Å². The maximum Gasteiger partial charge on any atom is 0.306 e. The van der Waals surface area contributed by atoms with Crippen molar-refractivity contribution in [1.29, 1.82) is 0 Å². The predicted molar refractivity (Wildman–Crippen MR) is 80.7 cm³/mol. The average Bonchev–Trinajstić information content (AvgIpc) is 2.48. The standard InChI is InChI=1S/C16H22N2O3/c17-14-7-3-11(4-8-14)9-15(19)18-10-12-1-5-13(6-2-12)16(20)21/h3-4,7-8,12-13H,1-2,5-6,9-10,17H2,(H,18,19)(H,20,21). The minimum absolute atomic E-state index is 0.000120. The number of carbonyl (C=O) groups excluding carboxylic acids is 1. The lowest BCUT2D eigenvalue weighted by Gasteiger charge is -2.26. The second-order valence-electron chi connectivity index (χ2n) is 5.78. The Labute approximate surface area is 124 Å². The molecular weight excluding hydrogens is 268 g/mol. The van der Waals surface area contributed by atoms with E-state index in [1.165, 1.54) is 0 Å². The molecule has 1 amide bonds. The summed E-state index contributed by atoms with van der Waals surface area (Å²) >= 11 is 0. The van der Waals surface area contributed by atoms with Gasteiger partial charge in [-0.25, -0.2) is 0 Å². The zero-order chi connectivity index (χ0) is 15.2. The van der Waals surface area contributed by atoms with Gasteiger partial charge in [-0.1, -0.05) is 12.1 Å². The van der Waals surface area contributed by atoms with Crippen LogP contribution in [0.15, 0.2) is 24.3 Å². The van der Waals surface area contributed by atoms with Crippen molar-refractivity contribution < 1.29 is 14.7 Å². The molecular formula is C16H22N2O3. The van der Waals surface area contributed by atoms with E-state index in [0.717, 1.165) is 18.4 Å². The van der Waals surface area contributed by atoms with Gasteiger partial charge in [0.1, 0.15) is 0 Å². The molecule has 5 nitrogen and oxygen atoms in total. The molecule has 0 heterocycles. The van der Waals surface area contributed by atoms with E-state index < -0.39 is 5.97 Å². The average molecular weight is 290 g/mol. The SMILES string of the molecule is Nc1ccc(CC(=O)NCC2CCC(C(=O)O)CC2)cc1. The van der Waals surface area contributed by atoms with Crippen LogP contribution in [-0.4, -0.2) is 23.5 Å². The van der Waals surface area contributed by atoms with Gasteiger partial charge in [-0.2, -0.15) is 0 Å². The highest BCUT2D eigenvalue weighted by Crippen LogP contribution is 2.28. The van der Waals surface area contributed by atoms with Crippen LogP contribution in [0.5, 0.6) is 0 Å². The number of anilines is 1. The minimum Gasteiger partial charge on any atom is -0.481 e. The first-order valence-corrected chi connectivity index (χ1v) is 7.38. The number of aliphatic carboxylic acids is 1. The first-order valence-electron chi connectivity index (χ1n) is 7.38. The Morgan fingerprint density at radius 1 is 1.14 bits per heavy atom. The topological polar surface area (TPSA) is 92.4 Å². The van der Waals surface area contributed by atoms with Gasteiger partial charge in [0, 0.05) is 12.2 Å². The number of rotatable bonds is 5. The Morgan fingerprint density at radius 3 is 2.33 bits per heavy atom. The van der Waals surface area contributed by atoms with Crippen LogP contribution < -0.4 is 11.1 Å². The van der Waals surface area contributed by atoms with Crippen LogP contribution in [0.25, 0.3) is 0 Å². The molecule has 0 radical (unpaired) electrons. The zero-order valence-corrected chi connectivity index (χ0v) is 12.0. The van der Waals surface area contributed by atoms with Gasteiger partial charge in [0.15, 0.2) is 0 Å². The molecule has 0 aliphatic heterocycles. The van der Waals surface area contributed by atoms with E-state index in [9.17, 15) is 9.59 Å². The van der Waals surface area contributed by atoms with Gasteiger partial charge in [0.25, 0.3) is 0 Å². The summed E-state index contributed by atoms with van der Waals surface area (Å²) < 4.78 is 0. The number of amides is 1. The van der Waals surface area contributed by atoms with Crippen LogP contribution in [0.3, 0.4) is 0 Å². The first-order chi connectivity index (χ1) is 10.0. The number of nitrogens with one attached hydrogen (secondary N) is 1. The van der Waals surface area contributed by atoms with Crippen LogP contribution in [-0.2, 0) is 16.0 Å². The fraction of sp³-hybridized carbons (Fsp3) is 0.500. The number of carbonyl (C=O) groups is 2. The van der Waals surface area contributed by atoms with Crippen molar-refractivity contribution in [1.82, 2.24) is 5.32 Å². The van der Waals surface area contributed by atoms with Gasteiger partial charge in [0.05, 0.1) is 12.3 Å². The molecule has 0 saturated heterocycles. The summed E-state index contributed by atoms with van der Waals surface area (Å²) in [5.41, 5.74) is 7.23. The largest absolute Gasteiger partial charge is 0.481 e. The molecule has 1 aliphatic carbocycles. The molecule has 1 aromatic rings. The van der Waals surface area contributed by atoms with Gasteiger partial charge < -0.3 is 16.2 Å². The smallest absolute Gasteiger partial charge is 0.306 e. The number of carboxylic acids is 1. The molecule has 1 aromatic carbocycles. The number of carboxylic acid groups (broad SMARTS) is 1. The summed E-state index contributed by atoms with van der Waals surface area (Å²) in [6, 6.07) is 7.28. The number of hydrogen-bond acceptors (Lipinski definition) is 3. The maximum atomic E-state index is 11.9. The molecule has 0 spiro atoms. The summed E-state index contributed by atoms with van der Waals surface area (Å²) in [4.78, 5) is 22.8. The normalized spacial score (nSPS) is 21.7. The molecule has 0 unspecified atom stereocenters. The molecule has 0 bridgehead atoms. The number of nitrogen functional groups attached to an aromatic ring is 1. The highest BCUT2D eigenvalue weighted by Gasteiger charge is 2.25. The molecule has 0 aromatic heterocycles. The summed E-state index contributed by atoms with van der Waals surface area (Å²) in [5.74, 6) is -0.497. The Morgan fingerprint density at radius 2 is 1.76 bits per heavy atom. The lowest BCUT2D eigenvalue weighted by atomic mass is 9.82. The van der Waals surface area contributed by atoms with E-state index in [1.54, 1.807) is 12.1 Å². The summed E-state index contributed by atoms with van der Waals surface area (Å²) in [6.45, 7) is 0.639. The zero-order valence-electron chi connectivity index (χ0n) is 12.0. The lowest BCUT2D eigenvalue weighted by Crippen LogP contribution is -2.33. The summed E-state index contributed by atoms with van der Waals surface area (Å²) in [7, 11) is 0. The third-order valence-corrected chi connectivity index (χ3v) is 4.13. The van der Waals surface area contributed by atoms with E-state index in [2.05, 4.69) is 5.32 Å².